The van der Waals surface area contributed by atoms with Crippen LogP contribution in [0.25, 0.3) is 0 Å². The Labute approximate surface area is 143 Å². The lowest BCUT2D eigenvalue weighted by atomic mass is 10.0. The molecule has 1 amide bonds. The summed E-state index contributed by atoms with van der Waals surface area (Å²) in [7, 11) is 2.14. The monoisotopic (exact) mass is 324 g/mol. The van der Waals surface area contributed by atoms with Gasteiger partial charge in [0, 0.05) is 31.7 Å². The average molecular weight is 324 g/mol. The van der Waals surface area contributed by atoms with Crippen LogP contribution in [0.2, 0.25) is 0 Å². The Hall–Kier alpha value is -2.40. The van der Waals surface area contributed by atoms with Crippen molar-refractivity contribution >= 4 is 17.4 Å². The predicted molar refractivity (Wildman–Crippen MR) is 97.8 cm³/mol. The maximum Gasteiger partial charge on any atom is 0.255 e. The molecule has 0 saturated carbocycles. The second-order valence-corrected chi connectivity index (χ2v) is 6.40. The number of hydrogen-bond acceptors (Lipinski definition) is 4. The van der Waals surface area contributed by atoms with Gasteiger partial charge >= 0.3 is 0 Å². The van der Waals surface area contributed by atoms with Gasteiger partial charge in [0.2, 0.25) is 0 Å². The number of carbonyl (C=O) groups excluding carboxylic acids is 1. The molecule has 0 unspecified atom stereocenters. The summed E-state index contributed by atoms with van der Waals surface area (Å²) in [4.78, 5) is 21.6. The third-order valence-electron chi connectivity index (χ3n) is 4.68. The van der Waals surface area contributed by atoms with Crippen molar-refractivity contribution in [1.29, 1.82) is 0 Å². The molecule has 0 radical (unpaired) electrons. The molecule has 1 saturated heterocycles. The molecule has 2 aromatic rings. The Morgan fingerprint density at radius 2 is 1.83 bits per heavy atom. The van der Waals surface area contributed by atoms with Crippen LogP contribution in [0, 0.1) is 13.8 Å². The van der Waals surface area contributed by atoms with Crippen molar-refractivity contribution in [2.24, 2.45) is 0 Å². The van der Waals surface area contributed by atoms with Crippen LogP contribution in [-0.2, 0) is 0 Å². The van der Waals surface area contributed by atoms with Gasteiger partial charge in [-0.2, -0.15) is 0 Å². The summed E-state index contributed by atoms with van der Waals surface area (Å²) in [5.74, 6) is 0.873. The van der Waals surface area contributed by atoms with Gasteiger partial charge < -0.3 is 15.1 Å². The fourth-order valence-corrected chi connectivity index (χ4v) is 2.88. The highest BCUT2D eigenvalue weighted by Crippen LogP contribution is 2.18. The summed E-state index contributed by atoms with van der Waals surface area (Å²) in [5, 5.41) is 2.94. The zero-order valence-electron chi connectivity index (χ0n) is 14.5. The summed E-state index contributed by atoms with van der Waals surface area (Å²) in [5.41, 5.74) is 3.56. The summed E-state index contributed by atoms with van der Waals surface area (Å²) < 4.78 is 0. The minimum atomic E-state index is -0.0923. The fourth-order valence-electron chi connectivity index (χ4n) is 2.88. The van der Waals surface area contributed by atoms with Gasteiger partial charge in [0.15, 0.2) is 0 Å². The molecule has 0 spiro atoms. The standard InChI is InChI=1S/C19H24N4O/c1-14-5-4-6-17(15(14)2)19(24)21-16-7-8-18(20-13-16)23-11-9-22(3)10-12-23/h4-8,13H,9-12H2,1-3H3,(H,21,24). The number of aryl methyl sites for hydroxylation is 1. The molecule has 1 aliphatic heterocycles. The van der Waals surface area contributed by atoms with Crippen LogP contribution in [0.3, 0.4) is 0 Å². The third-order valence-corrected chi connectivity index (χ3v) is 4.68. The molecule has 5 heteroatoms. The van der Waals surface area contributed by atoms with Gasteiger partial charge in [-0.1, -0.05) is 12.1 Å². The highest BCUT2D eigenvalue weighted by molar-refractivity contribution is 6.05. The number of carbonyl (C=O) groups is 1. The first kappa shape index (κ1) is 16.5. The first-order chi connectivity index (χ1) is 11.5. The van der Waals surface area contributed by atoms with Crippen molar-refractivity contribution in [2.75, 3.05) is 43.4 Å². The van der Waals surface area contributed by atoms with E-state index in [9.17, 15) is 4.79 Å². The van der Waals surface area contributed by atoms with Crippen molar-refractivity contribution < 1.29 is 4.79 Å². The smallest absolute Gasteiger partial charge is 0.255 e. The van der Waals surface area contributed by atoms with Crippen molar-refractivity contribution in [3.8, 4) is 0 Å². The number of aromatic nitrogens is 1. The summed E-state index contributed by atoms with van der Waals surface area (Å²) in [6, 6.07) is 9.67. The number of benzene rings is 1. The Balaban J connectivity index is 1.68. The Morgan fingerprint density at radius 1 is 1.08 bits per heavy atom. The molecule has 3 rings (SSSR count). The number of nitrogens with zero attached hydrogens (tertiary/aromatic N) is 3. The van der Waals surface area contributed by atoms with E-state index in [-0.39, 0.29) is 5.91 Å². The van der Waals surface area contributed by atoms with E-state index in [1.54, 1.807) is 6.20 Å². The number of rotatable bonds is 3. The minimum absolute atomic E-state index is 0.0923. The van der Waals surface area contributed by atoms with E-state index in [0.29, 0.717) is 5.56 Å². The molecule has 5 nitrogen and oxygen atoms in total. The normalized spacial score (nSPS) is 15.4. The third kappa shape index (κ3) is 3.57. The molecule has 0 aliphatic carbocycles. The fraction of sp³-hybridized carbons (Fsp3) is 0.368. The molecule has 1 aliphatic rings. The van der Waals surface area contributed by atoms with Crippen molar-refractivity contribution in [3.63, 3.8) is 0 Å². The highest BCUT2D eigenvalue weighted by atomic mass is 16.1. The van der Waals surface area contributed by atoms with E-state index in [1.165, 1.54) is 0 Å². The SMILES string of the molecule is Cc1cccc(C(=O)Nc2ccc(N3CCN(C)CC3)nc2)c1C. The highest BCUT2D eigenvalue weighted by Gasteiger charge is 2.15. The molecule has 0 bridgehead atoms. The average Bonchev–Trinajstić information content (AvgIpc) is 2.59. The molecule has 0 atom stereocenters. The van der Waals surface area contributed by atoms with Crippen LogP contribution in [0.1, 0.15) is 21.5 Å². The molecule has 126 valence electrons. The van der Waals surface area contributed by atoms with Gasteiger partial charge in [0.25, 0.3) is 5.91 Å². The molecule has 2 heterocycles. The van der Waals surface area contributed by atoms with Crippen LogP contribution in [-0.4, -0.2) is 49.0 Å². The Bertz CT molecular complexity index is 719. The van der Waals surface area contributed by atoms with Crippen molar-refractivity contribution in [3.05, 3.63) is 53.2 Å². The number of pyridine rings is 1. The topological polar surface area (TPSA) is 48.5 Å². The van der Waals surface area contributed by atoms with Gasteiger partial charge in [0.1, 0.15) is 5.82 Å². The molecule has 1 N–H and O–H groups in total. The minimum Gasteiger partial charge on any atom is -0.354 e. The molecule has 1 fully saturated rings. The molecule has 1 aromatic heterocycles. The second-order valence-electron chi connectivity index (χ2n) is 6.40. The van der Waals surface area contributed by atoms with E-state index in [2.05, 4.69) is 27.1 Å². The lowest BCUT2D eigenvalue weighted by molar-refractivity contribution is 0.102. The van der Waals surface area contributed by atoms with E-state index < -0.39 is 0 Å². The summed E-state index contributed by atoms with van der Waals surface area (Å²) in [6.45, 7) is 8.05. The molecule has 1 aromatic carbocycles. The van der Waals surface area contributed by atoms with Gasteiger partial charge in [-0.3, -0.25) is 4.79 Å². The molecular formula is C19H24N4O. The number of amides is 1. The number of piperazine rings is 1. The van der Waals surface area contributed by atoms with Gasteiger partial charge in [-0.15, -0.1) is 0 Å². The van der Waals surface area contributed by atoms with E-state index >= 15 is 0 Å². The predicted octanol–water partition coefficient (Wildman–Crippen LogP) is 2.70. The molecule has 24 heavy (non-hydrogen) atoms. The van der Waals surface area contributed by atoms with Gasteiger partial charge in [-0.05, 0) is 50.2 Å². The second kappa shape index (κ2) is 7.01. The lowest BCUT2D eigenvalue weighted by Gasteiger charge is -2.33. The lowest BCUT2D eigenvalue weighted by Crippen LogP contribution is -2.44. The Kier molecular flexibility index (Phi) is 4.81. The first-order valence-corrected chi connectivity index (χ1v) is 8.32. The summed E-state index contributed by atoms with van der Waals surface area (Å²) in [6.07, 6.45) is 1.73. The van der Waals surface area contributed by atoms with Crippen molar-refractivity contribution in [2.45, 2.75) is 13.8 Å². The van der Waals surface area contributed by atoms with Crippen LogP contribution in [0.15, 0.2) is 36.5 Å². The van der Waals surface area contributed by atoms with Crippen molar-refractivity contribution in [1.82, 2.24) is 9.88 Å². The zero-order valence-corrected chi connectivity index (χ0v) is 14.5. The van der Waals surface area contributed by atoms with Crippen LogP contribution in [0.5, 0.6) is 0 Å². The van der Waals surface area contributed by atoms with Crippen LogP contribution in [0.4, 0.5) is 11.5 Å². The first-order valence-electron chi connectivity index (χ1n) is 8.32. The largest absolute Gasteiger partial charge is 0.354 e. The number of nitrogens with one attached hydrogen (secondary N) is 1. The van der Waals surface area contributed by atoms with Gasteiger partial charge in [0.05, 0.1) is 11.9 Å². The number of anilines is 2. The van der Waals surface area contributed by atoms with Crippen LogP contribution >= 0.6 is 0 Å². The summed E-state index contributed by atoms with van der Waals surface area (Å²) >= 11 is 0. The quantitative estimate of drug-likeness (QED) is 0.943. The zero-order chi connectivity index (χ0) is 17.1. The van der Waals surface area contributed by atoms with E-state index in [4.69, 9.17) is 0 Å². The maximum absolute atomic E-state index is 12.5. The van der Waals surface area contributed by atoms with Crippen LogP contribution < -0.4 is 10.2 Å². The van der Waals surface area contributed by atoms with E-state index in [0.717, 1.165) is 48.8 Å². The number of likely N-dealkylation sites (N-methyl/N-ethyl adjacent to an activating group) is 1. The molecular weight excluding hydrogens is 300 g/mol. The van der Waals surface area contributed by atoms with Gasteiger partial charge in [-0.25, -0.2) is 4.98 Å². The van der Waals surface area contributed by atoms with E-state index in [1.807, 2.05) is 44.2 Å². The Morgan fingerprint density at radius 3 is 2.50 bits per heavy atom. The maximum atomic E-state index is 12.5. The number of hydrogen-bond donors (Lipinski definition) is 1.